The van der Waals surface area contributed by atoms with Gasteiger partial charge in [-0.25, -0.2) is 9.37 Å². The van der Waals surface area contributed by atoms with Crippen molar-refractivity contribution >= 4 is 29.0 Å². The zero-order chi connectivity index (χ0) is 25.7. The van der Waals surface area contributed by atoms with Crippen LogP contribution in [0.3, 0.4) is 0 Å². The summed E-state index contributed by atoms with van der Waals surface area (Å²) in [5, 5.41) is 6.56. The first-order valence-electron chi connectivity index (χ1n) is 13.4. The number of anilines is 4. The maximum Gasteiger partial charge on any atom is 0.229 e. The van der Waals surface area contributed by atoms with Crippen LogP contribution in [0.5, 0.6) is 0 Å². The van der Waals surface area contributed by atoms with Crippen LogP contribution in [0.15, 0.2) is 36.5 Å². The van der Waals surface area contributed by atoms with Crippen LogP contribution in [0, 0.1) is 35.9 Å². The molecular weight excluding hydrogens is 469 g/mol. The number of aromatic nitrogens is 2. The Bertz CT molecular complexity index is 1220. The smallest absolute Gasteiger partial charge is 0.229 e. The number of likely N-dealkylation sites (N-methyl/N-ethyl adjacent to an activating group) is 1. The number of nitrogens with zero attached hydrogens (tertiary/aromatic N) is 4. The number of benzene rings is 1. The molecule has 3 fully saturated rings. The molecule has 4 atom stereocenters. The number of nitrogens with one attached hydrogen (secondary N) is 2. The fraction of sp³-hybridized carbons (Fsp3) is 0.536. The van der Waals surface area contributed by atoms with Gasteiger partial charge in [0.25, 0.3) is 0 Å². The molecule has 4 unspecified atom stereocenters. The van der Waals surface area contributed by atoms with E-state index in [1.165, 1.54) is 18.3 Å². The molecule has 3 aliphatic carbocycles. The number of amides is 1. The van der Waals surface area contributed by atoms with Gasteiger partial charge in [0.1, 0.15) is 0 Å². The van der Waals surface area contributed by atoms with Gasteiger partial charge in [0.15, 0.2) is 11.6 Å². The highest BCUT2D eigenvalue weighted by molar-refractivity contribution is 5.86. The number of hydrogen-bond donors (Lipinski definition) is 3. The predicted octanol–water partition coefficient (Wildman–Crippen LogP) is 3.68. The van der Waals surface area contributed by atoms with Crippen LogP contribution in [0.2, 0.25) is 0 Å². The number of fused-ring (bicyclic) bond motifs is 2. The number of rotatable bonds is 7. The SMILES string of the molecule is Cc1cc(Nc2ncc(F)c(NC3C(C4CCC4)C4C=CC3(C(N)=O)C4)n2)ccc1N1CCN(C)CC1. The van der Waals surface area contributed by atoms with E-state index in [0.717, 1.165) is 50.3 Å². The maximum atomic E-state index is 14.9. The molecule has 6 rings (SSSR count). The Morgan fingerprint density at radius 3 is 2.68 bits per heavy atom. The highest BCUT2D eigenvalue weighted by Gasteiger charge is 2.60. The van der Waals surface area contributed by atoms with E-state index in [4.69, 9.17) is 5.73 Å². The molecule has 4 N–H and O–H groups in total. The van der Waals surface area contributed by atoms with Crippen molar-refractivity contribution in [3.63, 3.8) is 0 Å². The standard InChI is InChI=1S/C28H36FN7O/c1-17-14-20(6-7-22(17)36-12-10-35(2)11-13-36)32-27-31-16-21(29)25(34-27)33-24-23(18-4-3-5-18)19-8-9-28(24,15-19)26(30)37/h6-9,14,16,18-19,23-24H,3-5,10-13,15H2,1-2H3,(H2,30,37)(H2,31,32,33,34). The van der Waals surface area contributed by atoms with Gasteiger partial charge in [-0.1, -0.05) is 31.4 Å². The largest absolute Gasteiger partial charge is 0.369 e. The molecule has 37 heavy (non-hydrogen) atoms. The molecule has 1 aromatic heterocycles. The van der Waals surface area contributed by atoms with Gasteiger partial charge in [0.05, 0.1) is 11.6 Å². The summed E-state index contributed by atoms with van der Waals surface area (Å²) < 4.78 is 14.9. The lowest BCUT2D eigenvalue weighted by Crippen LogP contribution is -2.50. The molecule has 2 heterocycles. The monoisotopic (exact) mass is 505 g/mol. The average Bonchev–Trinajstić information content (AvgIpc) is 3.41. The molecule has 2 saturated carbocycles. The Labute approximate surface area is 217 Å². The van der Waals surface area contributed by atoms with Crippen LogP contribution in [-0.2, 0) is 4.79 Å². The van der Waals surface area contributed by atoms with Crippen molar-refractivity contribution in [2.24, 2.45) is 28.9 Å². The third-order valence-electron chi connectivity index (χ3n) is 9.13. The molecule has 1 aliphatic heterocycles. The van der Waals surface area contributed by atoms with E-state index in [9.17, 15) is 9.18 Å². The summed E-state index contributed by atoms with van der Waals surface area (Å²) in [5.41, 5.74) is 8.35. The van der Waals surface area contributed by atoms with Crippen molar-refractivity contribution < 1.29 is 9.18 Å². The molecule has 0 radical (unpaired) electrons. The number of allylic oxidation sites excluding steroid dienone is 1. The highest BCUT2D eigenvalue weighted by atomic mass is 19.1. The Kier molecular flexibility index (Phi) is 6.06. The summed E-state index contributed by atoms with van der Waals surface area (Å²) in [6, 6.07) is 5.93. The molecule has 2 aromatic rings. The Hall–Kier alpha value is -3.20. The molecule has 1 amide bonds. The number of carbonyl (C=O) groups excluding carboxylic acids is 1. The fourth-order valence-electron chi connectivity index (χ4n) is 6.85. The summed E-state index contributed by atoms with van der Waals surface area (Å²) in [4.78, 5) is 26.0. The second kappa shape index (κ2) is 9.28. The molecular formula is C28H36FN7O. The van der Waals surface area contributed by atoms with Crippen molar-refractivity contribution in [1.82, 2.24) is 14.9 Å². The number of halogens is 1. The summed E-state index contributed by atoms with van der Waals surface area (Å²) in [5.74, 6) is 0.598. The van der Waals surface area contributed by atoms with E-state index in [-0.39, 0.29) is 23.7 Å². The normalized spacial score (nSPS) is 29.4. The number of piperazine rings is 1. The number of nitrogens with two attached hydrogens (primary N) is 1. The van der Waals surface area contributed by atoms with Gasteiger partial charge in [-0.05, 0) is 61.9 Å². The molecule has 9 heteroatoms. The van der Waals surface area contributed by atoms with Crippen molar-refractivity contribution in [2.45, 2.75) is 38.6 Å². The van der Waals surface area contributed by atoms with Crippen LogP contribution in [0.25, 0.3) is 0 Å². The molecule has 196 valence electrons. The Morgan fingerprint density at radius 2 is 2.00 bits per heavy atom. The molecule has 4 aliphatic rings. The van der Waals surface area contributed by atoms with Crippen LogP contribution in [0.4, 0.5) is 27.5 Å². The summed E-state index contributed by atoms with van der Waals surface area (Å²) in [6.45, 7) is 6.21. The lowest BCUT2D eigenvalue weighted by atomic mass is 9.67. The third-order valence-corrected chi connectivity index (χ3v) is 9.13. The van der Waals surface area contributed by atoms with E-state index in [1.807, 2.05) is 12.1 Å². The second-order valence-corrected chi connectivity index (χ2v) is 11.3. The van der Waals surface area contributed by atoms with Crippen LogP contribution in [0.1, 0.15) is 31.2 Å². The molecule has 8 nitrogen and oxygen atoms in total. The average molecular weight is 506 g/mol. The number of hydrogen-bond acceptors (Lipinski definition) is 7. The minimum Gasteiger partial charge on any atom is -0.369 e. The Balaban J connectivity index is 1.22. The van der Waals surface area contributed by atoms with E-state index in [2.05, 4.69) is 62.6 Å². The fourth-order valence-corrected chi connectivity index (χ4v) is 6.85. The van der Waals surface area contributed by atoms with E-state index < -0.39 is 11.2 Å². The Morgan fingerprint density at radius 1 is 1.22 bits per heavy atom. The zero-order valence-electron chi connectivity index (χ0n) is 21.6. The van der Waals surface area contributed by atoms with Crippen molar-refractivity contribution in [2.75, 3.05) is 48.8 Å². The lowest BCUT2D eigenvalue weighted by molar-refractivity contribution is -0.125. The van der Waals surface area contributed by atoms with Gasteiger partial charge >= 0.3 is 0 Å². The second-order valence-electron chi connectivity index (χ2n) is 11.3. The summed E-state index contributed by atoms with van der Waals surface area (Å²) >= 11 is 0. The quantitative estimate of drug-likeness (QED) is 0.494. The molecule has 0 spiro atoms. The van der Waals surface area contributed by atoms with Gasteiger partial charge < -0.3 is 26.2 Å². The molecule has 2 bridgehead atoms. The van der Waals surface area contributed by atoms with Crippen LogP contribution < -0.4 is 21.3 Å². The molecule has 1 aromatic carbocycles. The highest BCUT2D eigenvalue weighted by Crippen LogP contribution is 2.58. The predicted molar refractivity (Wildman–Crippen MR) is 143 cm³/mol. The molecule has 1 saturated heterocycles. The van der Waals surface area contributed by atoms with E-state index in [1.54, 1.807) is 0 Å². The van der Waals surface area contributed by atoms with Gasteiger partial charge in [0, 0.05) is 43.6 Å². The van der Waals surface area contributed by atoms with Gasteiger partial charge in [-0.15, -0.1) is 0 Å². The van der Waals surface area contributed by atoms with Gasteiger partial charge in [0.2, 0.25) is 11.9 Å². The van der Waals surface area contributed by atoms with E-state index >= 15 is 0 Å². The summed E-state index contributed by atoms with van der Waals surface area (Å²) in [6.07, 6.45) is 9.45. The van der Waals surface area contributed by atoms with Gasteiger partial charge in [-0.3, -0.25) is 4.79 Å². The van der Waals surface area contributed by atoms with Crippen LogP contribution in [-0.4, -0.2) is 60.0 Å². The first-order valence-corrected chi connectivity index (χ1v) is 13.4. The number of primary amides is 1. The van der Waals surface area contributed by atoms with Crippen molar-refractivity contribution in [3.8, 4) is 0 Å². The minimum atomic E-state index is -0.799. The topological polar surface area (TPSA) is 99.4 Å². The third kappa shape index (κ3) is 4.23. The lowest BCUT2D eigenvalue weighted by Gasteiger charge is -2.42. The minimum absolute atomic E-state index is 0.110. The van der Waals surface area contributed by atoms with Crippen LogP contribution >= 0.6 is 0 Å². The number of aryl methyl sites for hydroxylation is 1. The van der Waals surface area contributed by atoms with Gasteiger partial charge in [-0.2, -0.15) is 4.98 Å². The first-order chi connectivity index (χ1) is 17.8. The first kappa shape index (κ1) is 24.2. The number of carbonyl (C=O) groups is 1. The van der Waals surface area contributed by atoms with Crippen molar-refractivity contribution in [1.29, 1.82) is 0 Å². The van der Waals surface area contributed by atoms with E-state index in [0.29, 0.717) is 24.2 Å². The van der Waals surface area contributed by atoms with Crippen molar-refractivity contribution in [3.05, 3.63) is 47.9 Å². The zero-order valence-corrected chi connectivity index (χ0v) is 21.6. The maximum absolute atomic E-state index is 14.9. The summed E-state index contributed by atoms with van der Waals surface area (Å²) in [7, 11) is 2.15.